The van der Waals surface area contributed by atoms with Gasteiger partial charge in [-0.05, 0) is 18.4 Å². The molecule has 1 saturated carbocycles. The summed E-state index contributed by atoms with van der Waals surface area (Å²) in [5, 5.41) is 10.7. The molecule has 1 aliphatic carbocycles. The lowest BCUT2D eigenvalue weighted by Crippen LogP contribution is -2.43. The van der Waals surface area contributed by atoms with E-state index in [1.54, 1.807) is 7.11 Å². The summed E-state index contributed by atoms with van der Waals surface area (Å²) in [7, 11) is 1.68. The van der Waals surface area contributed by atoms with Crippen LogP contribution in [0.15, 0.2) is 30.3 Å². The summed E-state index contributed by atoms with van der Waals surface area (Å²) >= 11 is 0. The van der Waals surface area contributed by atoms with Gasteiger partial charge in [-0.2, -0.15) is 0 Å². The average molecular weight is 206 g/mol. The topological polar surface area (TPSA) is 29.5 Å². The second-order valence-corrected chi connectivity index (χ2v) is 4.26. The van der Waals surface area contributed by atoms with Gasteiger partial charge in [0.05, 0.1) is 6.10 Å². The lowest BCUT2D eigenvalue weighted by atomic mass is 9.77. The smallest absolute Gasteiger partial charge is 0.116 e. The fraction of sp³-hybridized carbons (Fsp3) is 0.538. The highest BCUT2D eigenvalue weighted by molar-refractivity contribution is 5.24. The Labute approximate surface area is 90.9 Å². The molecule has 0 saturated heterocycles. The normalized spacial score (nSPS) is 31.5. The molecule has 0 aromatic heterocycles. The van der Waals surface area contributed by atoms with Gasteiger partial charge in [-0.1, -0.05) is 43.2 Å². The Morgan fingerprint density at radius 3 is 2.67 bits per heavy atom. The number of hydrogen-bond acceptors (Lipinski definition) is 2. The van der Waals surface area contributed by atoms with E-state index in [4.69, 9.17) is 4.74 Å². The Morgan fingerprint density at radius 1 is 1.27 bits per heavy atom. The summed E-state index contributed by atoms with van der Waals surface area (Å²) in [5.74, 6) is 0. The van der Waals surface area contributed by atoms with E-state index in [0.717, 1.165) is 31.2 Å². The molecule has 2 unspecified atom stereocenters. The number of methoxy groups -OCH3 is 1. The zero-order valence-electron chi connectivity index (χ0n) is 9.15. The lowest BCUT2D eigenvalue weighted by molar-refractivity contribution is -0.122. The molecule has 2 rings (SSSR count). The van der Waals surface area contributed by atoms with Gasteiger partial charge in [0.2, 0.25) is 0 Å². The van der Waals surface area contributed by atoms with Crippen molar-refractivity contribution >= 4 is 0 Å². The van der Waals surface area contributed by atoms with E-state index < -0.39 is 5.60 Å². The molecule has 0 bridgehead atoms. The van der Waals surface area contributed by atoms with Crippen molar-refractivity contribution in [3.05, 3.63) is 35.9 Å². The van der Waals surface area contributed by atoms with E-state index in [1.165, 1.54) is 0 Å². The number of benzene rings is 1. The van der Waals surface area contributed by atoms with E-state index in [2.05, 4.69) is 0 Å². The van der Waals surface area contributed by atoms with Crippen LogP contribution in [0.5, 0.6) is 0 Å². The quantitative estimate of drug-likeness (QED) is 0.805. The maximum atomic E-state index is 10.7. The van der Waals surface area contributed by atoms with Gasteiger partial charge >= 0.3 is 0 Å². The van der Waals surface area contributed by atoms with Gasteiger partial charge in [-0.3, -0.25) is 0 Å². The van der Waals surface area contributed by atoms with Crippen molar-refractivity contribution in [2.24, 2.45) is 0 Å². The Kier molecular flexibility index (Phi) is 3.08. The van der Waals surface area contributed by atoms with Gasteiger partial charge in [0, 0.05) is 7.11 Å². The largest absolute Gasteiger partial charge is 0.382 e. The minimum atomic E-state index is -0.783. The van der Waals surface area contributed by atoms with Crippen LogP contribution >= 0.6 is 0 Å². The average Bonchev–Trinajstić information content (AvgIpc) is 2.31. The van der Waals surface area contributed by atoms with Crippen LogP contribution in [0.2, 0.25) is 0 Å². The van der Waals surface area contributed by atoms with Crippen LogP contribution in [0.1, 0.15) is 31.2 Å². The highest BCUT2D eigenvalue weighted by Crippen LogP contribution is 2.38. The Balaban J connectivity index is 2.30. The molecule has 2 atom stereocenters. The zero-order chi connectivity index (χ0) is 10.7. The van der Waals surface area contributed by atoms with Gasteiger partial charge in [-0.15, -0.1) is 0 Å². The minimum absolute atomic E-state index is 0.0614. The van der Waals surface area contributed by atoms with Gasteiger partial charge < -0.3 is 9.84 Å². The summed E-state index contributed by atoms with van der Waals surface area (Å²) in [5.41, 5.74) is 0.199. The van der Waals surface area contributed by atoms with Crippen molar-refractivity contribution in [2.45, 2.75) is 37.4 Å². The summed E-state index contributed by atoms with van der Waals surface area (Å²) in [4.78, 5) is 0. The molecule has 0 heterocycles. The van der Waals surface area contributed by atoms with Crippen LogP contribution in [-0.4, -0.2) is 18.3 Å². The fourth-order valence-corrected chi connectivity index (χ4v) is 2.49. The molecule has 0 aliphatic heterocycles. The summed E-state index contributed by atoms with van der Waals surface area (Å²) < 4.78 is 5.41. The monoisotopic (exact) mass is 206 g/mol. The molecule has 1 N–H and O–H groups in total. The van der Waals surface area contributed by atoms with Gasteiger partial charge in [0.15, 0.2) is 0 Å². The zero-order valence-corrected chi connectivity index (χ0v) is 9.15. The first kappa shape index (κ1) is 10.7. The second-order valence-electron chi connectivity index (χ2n) is 4.26. The van der Waals surface area contributed by atoms with Crippen molar-refractivity contribution in [1.29, 1.82) is 0 Å². The third-order valence-electron chi connectivity index (χ3n) is 3.37. The lowest BCUT2D eigenvalue weighted by Gasteiger charge is -2.39. The van der Waals surface area contributed by atoms with Gasteiger partial charge in [0.25, 0.3) is 0 Å². The number of hydrogen-bond donors (Lipinski definition) is 1. The molecule has 0 spiro atoms. The van der Waals surface area contributed by atoms with E-state index in [9.17, 15) is 5.11 Å². The van der Waals surface area contributed by atoms with E-state index in [1.807, 2.05) is 30.3 Å². The Hall–Kier alpha value is -0.860. The van der Waals surface area contributed by atoms with Crippen molar-refractivity contribution in [3.8, 4) is 0 Å². The summed E-state index contributed by atoms with van der Waals surface area (Å²) in [6.07, 6.45) is 3.91. The Morgan fingerprint density at radius 2 is 2.00 bits per heavy atom. The molecule has 82 valence electrons. The first-order chi connectivity index (χ1) is 7.27. The van der Waals surface area contributed by atoms with E-state index >= 15 is 0 Å². The summed E-state index contributed by atoms with van der Waals surface area (Å²) in [6.45, 7) is 0. The molecule has 2 nitrogen and oxygen atoms in total. The predicted octanol–water partition coefficient (Wildman–Crippen LogP) is 2.46. The van der Waals surface area contributed by atoms with Crippen molar-refractivity contribution in [1.82, 2.24) is 0 Å². The van der Waals surface area contributed by atoms with Crippen LogP contribution in [0.4, 0.5) is 0 Å². The highest BCUT2D eigenvalue weighted by atomic mass is 16.5. The molecular formula is C13H18O2. The molecular weight excluding hydrogens is 188 g/mol. The second kappa shape index (κ2) is 4.33. The van der Waals surface area contributed by atoms with Gasteiger partial charge in [-0.25, -0.2) is 0 Å². The van der Waals surface area contributed by atoms with E-state index in [-0.39, 0.29) is 6.10 Å². The van der Waals surface area contributed by atoms with E-state index in [0.29, 0.717) is 0 Å². The minimum Gasteiger partial charge on any atom is -0.382 e. The standard InChI is InChI=1S/C13H18O2/c1-15-12-9-5-6-10-13(12,14)11-7-3-2-4-8-11/h2-4,7-8,12,14H,5-6,9-10H2,1H3. The number of ether oxygens (including phenoxy) is 1. The summed E-state index contributed by atoms with van der Waals surface area (Å²) in [6, 6.07) is 9.87. The predicted molar refractivity (Wildman–Crippen MR) is 59.6 cm³/mol. The van der Waals surface area contributed by atoms with Crippen LogP contribution < -0.4 is 0 Å². The fourth-order valence-electron chi connectivity index (χ4n) is 2.49. The molecule has 0 amide bonds. The molecule has 15 heavy (non-hydrogen) atoms. The highest BCUT2D eigenvalue weighted by Gasteiger charge is 2.40. The number of rotatable bonds is 2. The third kappa shape index (κ3) is 1.92. The molecule has 0 radical (unpaired) electrons. The molecule has 2 heteroatoms. The number of aliphatic hydroxyl groups is 1. The SMILES string of the molecule is COC1CCCCC1(O)c1ccccc1. The third-order valence-corrected chi connectivity index (χ3v) is 3.37. The molecule has 1 fully saturated rings. The van der Waals surface area contributed by atoms with Crippen molar-refractivity contribution < 1.29 is 9.84 Å². The first-order valence-corrected chi connectivity index (χ1v) is 5.58. The van der Waals surface area contributed by atoms with Crippen LogP contribution in [0, 0.1) is 0 Å². The molecule has 1 aromatic carbocycles. The molecule has 1 aromatic rings. The van der Waals surface area contributed by atoms with Crippen LogP contribution in [-0.2, 0) is 10.3 Å². The Bertz CT molecular complexity index is 310. The van der Waals surface area contributed by atoms with Gasteiger partial charge in [0.1, 0.15) is 5.60 Å². The maximum Gasteiger partial charge on any atom is 0.116 e. The van der Waals surface area contributed by atoms with Crippen LogP contribution in [0.3, 0.4) is 0 Å². The first-order valence-electron chi connectivity index (χ1n) is 5.58. The molecule has 1 aliphatic rings. The maximum absolute atomic E-state index is 10.7. The van der Waals surface area contributed by atoms with Crippen LogP contribution in [0.25, 0.3) is 0 Å². The van der Waals surface area contributed by atoms with Crippen molar-refractivity contribution in [2.75, 3.05) is 7.11 Å². The van der Waals surface area contributed by atoms with Crippen molar-refractivity contribution in [3.63, 3.8) is 0 Å².